The molecule has 31 heavy (non-hydrogen) atoms. The molecule has 0 aliphatic heterocycles. The molecule has 0 aliphatic rings. The highest BCUT2D eigenvalue weighted by Gasteiger charge is 2.30. The van der Waals surface area contributed by atoms with Gasteiger partial charge < -0.3 is 10.1 Å². The van der Waals surface area contributed by atoms with Crippen LogP contribution in [0.1, 0.15) is 35.5 Å². The minimum Gasteiger partial charge on any atom is -0.464 e. The number of carbonyl (C=O) groups is 2. The number of aryl methyl sites for hydroxylation is 1. The van der Waals surface area contributed by atoms with Gasteiger partial charge >= 0.3 is 5.97 Å². The SMILES string of the molecule is CCOC(=O)[C@H](NC(=O)Cc1c(Cl)cccc1Cl)c1c(C)nn(-c2ccccc2)c1C. The van der Waals surface area contributed by atoms with Crippen molar-refractivity contribution >= 4 is 35.1 Å². The van der Waals surface area contributed by atoms with Crippen molar-refractivity contribution in [3.63, 3.8) is 0 Å². The third-order valence-electron chi connectivity index (χ3n) is 4.86. The van der Waals surface area contributed by atoms with Crippen LogP contribution in [0.5, 0.6) is 0 Å². The van der Waals surface area contributed by atoms with E-state index in [0.29, 0.717) is 26.9 Å². The van der Waals surface area contributed by atoms with Crippen LogP contribution < -0.4 is 5.32 Å². The van der Waals surface area contributed by atoms with Gasteiger partial charge in [-0.05, 0) is 50.6 Å². The number of carbonyl (C=O) groups excluding carboxylic acids is 2. The Kier molecular flexibility index (Phi) is 7.36. The highest BCUT2D eigenvalue weighted by molar-refractivity contribution is 6.36. The van der Waals surface area contributed by atoms with E-state index in [-0.39, 0.29) is 13.0 Å². The van der Waals surface area contributed by atoms with Crippen molar-refractivity contribution in [3.8, 4) is 5.69 Å². The van der Waals surface area contributed by atoms with Gasteiger partial charge in [0, 0.05) is 21.3 Å². The minimum atomic E-state index is -1.01. The van der Waals surface area contributed by atoms with Crippen molar-refractivity contribution in [1.29, 1.82) is 0 Å². The van der Waals surface area contributed by atoms with Gasteiger partial charge in [-0.15, -0.1) is 0 Å². The maximum atomic E-state index is 12.8. The van der Waals surface area contributed by atoms with Gasteiger partial charge in [0.1, 0.15) is 0 Å². The number of halogens is 2. The second-order valence-electron chi connectivity index (χ2n) is 6.96. The molecular weight excluding hydrogens is 437 g/mol. The van der Waals surface area contributed by atoms with Gasteiger partial charge in [-0.25, -0.2) is 9.48 Å². The molecule has 162 valence electrons. The fourth-order valence-corrected chi connectivity index (χ4v) is 3.97. The summed E-state index contributed by atoms with van der Waals surface area (Å²) in [6, 6.07) is 13.6. The number of hydrogen-bond donors (Lipinski definition) is 1. The predicted octanol–water partition coefficient (Wildman–Crippen LogP) is 4.76. The van der Waals surface area contributed by atoms with Crippen molar-refractivity contribution in [2.75, 3.05) is 6.61 Å². The molecule has 0 saturated carbocycles. The highest BCUT2D eigenvalue weighted by Crippen LogP contribution is 2.27. The number of para-hydroxylation sites is 1. The lowest BCUT2D eigenvalue weighted by Crippen LogP contribution is -2.36. The molecule has 1 atom stereocenters. The van der Waals surface area contributed by atoms with Crippen molar-refractivity contribution in [3.05, 3.63) is 81.1 Å². The third-order valence-corrected chi connectivity index (χ3v) is 5.57. The molecule has 0 unspecified atom stereocenters. The molecule has 1 amide bonds. The number of benzene rings is 2. The Morgan fingerprint density at radius 1 is 1.06 bits per heavy atom. The van der Waals surface area contributed by atoms with Gasteiger partial charge in [0.2, 0.25) is 5.91 Å². The largest absolute Gasteiger partial charge is 0.464 e. The lowest BCUT2D eigenvalue weighted by Gasteiger charge is -2.19. The van der Waals surface area contributed by atoms with Crippen molar-refractivity contribution in [2.24, 2.45) is 0 Å². The number of aromatic nitrogens is 2. The number of esters is 1. The number of rotatable bonds is 7. The summed E-state index contributed by atoms with van der Waals surface area (Å²) < 4.78 is 6.98. The Labute approximate surface area is 191 Å². The lowest BCUT2D eigenvalue weighted by atomic mass is 10.0. The first-order chi connectivity index (χ1) is 14.8. The predicted molar refractivity (Wildman–Crippen MR) is 121 cm³/mol. The highest BCUT2D eigenvalue weighted by atomic mass is 35.5. The van der Waals surface area contributed by atoms with E-state index < -0.39 is 17.9 Å². The molecule has 3 rings (SSSR count). The summed E-state index contributed by atoms with van der Waals surface area (Å²) in [5.74, 6) is -0.959. The molecule has 0 fully saturated rings. The molecule has 0 bridgehead atoms. The summed E-state index contributed by atoms with van der Waals surface area (Å²) in [7, 11) is 0. The average Bonchev–Trinajstić information content (AvgIpc) is 3.04. The maximum absolute atomic E-state index is 12.8. The Morgan fingerprint density at radius 3 is 2.32 bits per heavy atom. The second kappa shape index (κ2) is 9.98. The van der Waals surface area contributed by atoms with Crippen LogP contribution in [-0.4, -0.2) is 28.3 Å². The summed E-state index contributed by atoms with van der Waals surface area (Å²) in [5, 5.41) is 8.14. The Morgan fingerprint density at radius 2 is 1.71 bits per heavy atom. The van der Waals surface area contributed by atoms with Crippen molar-refractivity contribution < 1.29 is 14.3 Å². The zero-order chi connectivity index (χ0) is 22.5. The van der Waals surface area contributed by atoms with Gasteiger partial charge in [-0.1, -0.05) is 47.5 Å². The average molecular weight is 460 g/mol. The smallest absolute Gasteiger partial charge is 0.333 e. The molecule has 0 spiro atoms. The molecule has 2 aromatic carbocycles. The molecule has 0 saturated heterocycles. The number of ether oxygens (including phenoxy) is 1. The van der Waals surface area contributed by atoms with Crippen LogP contribution >= 0.6 is 23.2 Å². The Balaban J connectivity index is 1.94. The standard InChI is InChI=1S/C23H23Cl2N3O3/c1-4-31-23(30)22(26-20(29)13-17-18(24)11-8-12-19(17)25)21-14(2)27-28(15(21)3)16-9-6-5-7-10-16/h5-12,22H,4,13H2,1-3H3,(H,26,29)/t22-/m1/s1. The molecule has 1 aromatic heterocycles. The summed E-state index contributed by atoms with van der Waals surface area (Å²) in [5.41, 5.74) is 3.31. The van der Waals surface area contributed by atoms with E-state index in [2.05, 4.69) is 10.4 Å². The van der Waals surface area contributed by atoms with Crippen LogP contribution in [-0.2, 0) is 20.7 Å². The molecule has 0 radical (unpaired) electrons. The lowest BCUT2D eigenvalue weighted by molar-refractivity contribution is -0.147. The monoisotopic (exact) mass is 459 g/mol. The van der Waals surface area contributed by atoms with Crippen LogP contribution in [0.25, 0.3) is 5.69 Å². The second-order valence-corrected chi connectivity index (χ2v) is 7.78. The van der Waals surface area contributed by atoms with E-state index in [1.807, 2.05) is 37.3 Å². The maximum Gasteiger partial charge on any atom is 0.333 e. The Bertz CT molecular complexity index is 1080. The van der Waals surface area contributed by atoms with E-state index in [0.717, 1.165) is 11.4 Å². The van der Waals surface area contributed by atoms with Crippen LogP contribution in [0.4, 0.5) is 0 Å². The zero-order valence-corrected chi connectivity index (χ0v) is 19.0. The Hall–Kier alpha value is -2.83. The number of amides is 1. The van der Waals surface area contributed by atoms with E-state index >= 15 is 0 Å². The van der Waals surface area contributed by atoms with Crippen molar-refractivity contribution in [1.82, 2.24) is 15.1 Å². The van der Waals surface area contributed by atoms with Gasteiger partial charge in [-0.2, -0.15) is 5.10 Å². The van der Waals surface area contributed by atoms with Gasteiger partial charge in [0.15, 0.2) is 6.04 Å². The first-order valence-corrected chi connectivity index (χ1v) is 10.6. The quantitative estimate of drug-likeness (QED) is 0.516. The molecular formula is C23H23Cl2N3O3. The fourth-order valence-electron chi connectivity index (χ4n) is 3.44. The fraction of sp³-hybridized carbons (Fsp3) is 0.261. The molecule has 1 heterocycles. The van der Waals surface area contributed by atoms with Crippen LogP contribution in [0, 0.1) is 13.8 Å². The van der Waals surface area contributed by atoms with Gasteiger partial charge in [0.05, 0.1) is 24.4 Å². The van der Waals surface area contributed by atoms with E-state index in [9.17, 15) is 9.59 Å². The van der Waals surface area contributed by atoms with Crippen LogP contribution in [0.15, 0.2) is 48.5 Å². The van der Waals surface area contributed by atoms with Crippen LogP contribution in [0.3, 0.4) is 0 Å². The number of nitrogens with one attached hydrogen (secondary N) is 1. The summed E-state index contributed by atoms with van der Waals surface area (Å²) >= 11 is 12.4. The first kappa shape index (κ1) is 22.8. The number of nitrogens with zero attached hydrogens (tertiary/aromatic N) is 2. The molecule has 3 aromatic rings. The summed E-state index contributed by atoms with van der Waals surface area (Å²) in [4.78, 5) is 25.6. The van der Waals surface area contributed by atoms with Crippen molar-refractivity contribution in [2.45, 2.75) is 33.2 Å². The molecule has 6 nitrogen and oxygen atoms in total. The van der Waals surface area contributed by atoms with E-state index in [4.69, 9.17) is 27.9 Å². The topological polar surface area (TPSA) is 73.2 Å². The molecule has 0 aliphatic carbocycles. The minimum absolute atomic E-state index is 0.0701. The van der Waals surface area contributed by atoms with Gasteiger partial charge in [-0.3, -0.25) is 4.79 Å². The zero-order valence-electron chi connectivity index (χ0n) is 17.5. The summed E-state index contributed by atoms with van der Waals surface area (Å²) in [6.07, 6.45) is -0.0701. The van der Waals surface area contributed by atoms with E-state index in [1.165, 1.54) is 0 Å². The first-order valence-electron chi connectivity index (χ1n) is 9.83. The van der Waals surface area contributed by atoms with Gasteiger partial charge in [0.25, 0.3) is 0 Å². The normalized spacial score (nSPS) is 11.8. The number of hydrogen-bond acceptors (Lipinski definition) is 4. The molecule has 1 N–H and O–H groups in total. The third kappa shape index (κ3) is 5.09. The molecule has 8 heteroatoms. The van der Waals surface area contributed by atoms with Crippen LogP contribution in [0.2, 0.25) is 10.0 Å². The summed E-state index contributed by atoms with van der Waals surface area (Å²) in [6.45, 7) is 5.55. The van der Waals surface area contributed by atoms with E-state index in [1.54, 1.807) is 36.7 Å².